The molecule has 4 heteroatoms. The molecule has 0 bridgehead atoms. The zero-order valence-electron chi connectivity index (χ0n) is 15.6. The van der Waals surface area contributed by atoms with Crippen LogP contribution in [0.4, 0.5) is 0 Å². The predicted octanol–water partition coefficient (Wildman–Crippen LogP) is 5.49. The molecular weight excluding hydrogens is 329 g/mol. The molecule has 0 atom stereocenters. The number of aliphatic hydroxyl groups excluding tert-OH is 1. The van der Waals surface area contributed by atoms with Crippen molar-refractivity contribution in [2.24, 2.45) is 0 Å². The summed E-state index contributed by atoms with van der Waals surface area (Å²) in [5, 5.41) is 8.20. The van der Waals surface area contributed by atoms with E-state index in [4.69, 9.17) is 5.11 Å². The fourth-order valence-electron chi connectivity index (χ4n) is 1.55. The highest BCUT2D eigenvalue weighted by molar-refractivity contribution is 5.85. The maximum Gasteiger partial charge on any atom is 0.104 e. The molecule has 0 radical (unpaired) electrons. The van der Waals surface area contributed by atoms with Gasteiger partial charge in [-0.15, -0.1) is 31.4 Å². The summed E-state index contributed by atoms with van der Waals surface area (Å²) >= 11 is 0. The summed E-state index contributed by atoms with van der Waals surface area (Å²) < 4.78 is 1.06. The third-order valence-electron chi connectivity index (χ3n) is 3.07. The molecule has 1 aromatic rings. The largest absolute Gasteiger partial charge is 0.396 e. The summed E-state index contributed by atoms with van der Waals surface area (Å²) in [5.74, 6) is 0. The molecule has 1 aromatic carbocycles. The van der Waals surface area contributed by atoms with Gasteiger partial charge in [0, 0.05) is 12.2 Å². The Balaban J connectivity index is -0.000000141. The summed E-state index contributed by atoms with van der Waals surface area (Å²) in [6.45, 7) is 12.2. The number of benzene rings is 1. The van der Waals surface area contributed by atoms with E-state index in [9.17, 15) is 0 Å². The van der Waals surface area contributed by atoms with Gasteiger partial charge in [0.25, 0.3) is 0 Å². The Labute approximate surface area is 157 Å². The van der Waals surface area contributed by atoms with Crippen LogP contribution in [0, 0.1) is 0 Å². The van der Waals surface area contributed by atoms with E-state index >= 15 is 0 Å². The number of rotatable bonds is 6. The van der Waals surface area contributed by atoms with E-state index in [1.54, 1.807) is 6.08 Å². The third-order valence-corrected chi connectivity index (χ3v) is 3.07. The minimum Gasteiger partial charge on any atom is -0.396 e. The first kappa shape index (κ1) is 30.4. The average molecular weight is 367 g/mol. The van der Waals surface area contributed by atoms with Gasteiger partial charge in [-0.1, -0.05) is 56.2 Å². The maximum absolute atomic E-state index is 8.20. The fraction of sp³-hybridized carbons (Fsp3) is 0.579. The minimum absolute atomic E-state index is 0. The number of allylic oxidation sites excluding steroid dienone is 1. The quantitative estimate of drug-likeness (QED) is 0.401. The van der Waals surface area contributed by atoms with Crippen molar-refractivity contribution in [1.29, 1.82) is 0 Å². The van der Waals surface area contributed by atoms with Crippen molar-refractivity contribution in [3.8, 4) is 0 Å². The normalized spacial score (nSPS) is 8.96. The molecule has 2 nitrogen and oxygen atoms in total. The van der Waals surface area contributed by atoms with E-state index in [0.717, 1.165) is 23.9 Å². The average Bonchev–Trinajstić information content (AvgIpc) is 2.47. The van der Waals surface area contributed by atoms with E-state index in [1.807, 2.05) is 6.92 Å². The lowest BCUT2D eigenvalue weighted by Crippen LogP contribution is -2.38. The highest BCUT2D eigenvalue weighted by atomic mass is 35.5. The number of hydrogen-bond acceptors (Lipinski definition) is 1. The smallest absolute Gasteiger partial charge is 0.104 e. The highest BCUT2D eigenvalue weighted by Gasteiger charge is 2.11. The van der Waals surface area contributed by atoms with Gasteiger partial charge in [0.2, 0.25) is 0 Å². The van der Waals surface area contributed by atoms with Crippen molar-refractivity contribution in [2.75, 3.05) is 27.2 Å². The van der Waals surface area contributed by atoms with Crippen molar-refractivity contribution in [3.05, 3.63) is 48.6 Å². The summed E-state index contributed by atoms with van der Waals surface area (Å²) in [7, 11) is 4.51. The molecule has 0 aliphatic carbocycles. The topological polar surface area (TPSA) is 20.2 Å². The summed E-state index contributed by atoms with van der Waals surface area (Å²) in [6, 6.07) is 10.6. The molecule has 0 saturated heterocycles. The van der Waals surface area contributed by atoms with Gasteiger partial charge < -0.3 is 9.59 Å². The Morgan fingerprint density at radius 1 is 1.04 bits per heavy atom. The second kappa shape index (κ2) is 21.5. The van der Waals surface area contributed by atoms with E-state index in [2.05, 4.69) is 64.9 Å². The minimum atomic E-state index is 0. The first-order valence-corrected chi connectivity index (χ1v) is 8.01. The van der Waals surface area contributed by atoms with Crippen LogP contribution in [-0.2, 0) is 6.54 Å². The van der Waals surface area contributed by atoms with E-state index in [1.165, 1.54) is 18.5 Å². The first-order valence-electron chi connectivity index (χ1n) is 8.01. The van der Waals surface area contributed by atoms with Crippen LogP contribution in [0.2, 0.25) is 0 Å². The van der Waals surface area contributed by atoms with E-state index < -0.39 is 0 Å². The molecule has 23 heavy (non-hydrogen) atoms. The van der Waals surface area contributed by atoms with Gasteiger partial charge in [0.1, 0.15) is 6.54 Å². The molecule has 0 spiro atoms. The highest BCUT2D eigenvalue weighted by Crippen LogP contribution is 2.07. The number of nitrogens with zero attached hydrogens (tertiary/aromatic N) is 1. The van der Waals surface area contributed by atoms with Gasteiger partial charge in [-0.2, -0.15) is 0 Å². The molecule has 0 heterocycles. The number of hydrogen-bond donors (Lipinski definition) is 1. The first-order chi connectivity index (χ1) is 9.97. The van der Waals surface area contributed by atoms with Crippen LogP contribution in [0.25, 0.3) is 0 Å². The Kier molecular flexibility index (Phi) is 28.3. The second-order valence-electron chi connectivity index (χ2n) is 5.73. The zero-order chi connectivity index (χ0) is 16.6. The molecule has 0 aromatic heterocycles. The fourth-order valence-corrected chi connectivity index (χ4v) is 1.55. The molecule has 138 valence electrons. The van der Waals surface area contributed by atoms with Gasteiger partial charge in [-0.3, -0.25) is 0 Å². The lowest BCUT2D eigenvalue weighted by Gasteiger charge is -2.28. The Bertz CT molecular complexity index is 325. The van der Waals surface area contributed by atoms with Crippen LogP contribution >= 0.6 is 24.8 Å². The van der Waals surface area contributed by atoms with Crippen molar-refractivity contribution in [1.82, 2.24) is 0 Å². The molecular formula is C19H38Cl2NO+. The van der Waals surface area contributed by atoms with Crippen LogP contribution in [0.1, 0.15) is 45.6 Å². The number of halogens is 2. The van der Waals surface area contributed by atoms with Crippen LogP contribution in [0.5, 0.6) is 0 Å². The van der Waals surface area contributed by atoms with Crippen LogP contribution in [-0.4, -0.2) is 36.8 Å². The Hall–Kier alpha value is -0.540. The molecule has 1 N–H and O–H groups in total. The summed E-state index contributed by atoms with van der Waals surface area (Å²) in [5.41, 5.74) is 1.42. The number of aliphatic hydroxyl groups is 1. The maximum atomic E-state index is 8.20. The van der Waals surface area contributed by atoms with Gasteiger partial charge in [-0.25, -0.2) is 0 Å². The number of unbranched alkanes of at least 4 members (excludes halogenated alkanes) is 2. The van der Waals surface area contributed by atoms with Gasteiger partial charge >= 0.3 is 0 Å². The molecule has 1 rings (SSSR count). The molecule has 0 aliphatic rings. The van der Waals surface area contributed by atoms with E-state index in [-0.39, 0.29) is 24.8 Å². The molecule has 0 unspecified atom stereocenters. The molecule has 0 aliphatic heterocycles. The molecule has 0 fully saturated rings. The lowest BCUT2D eigenvalue weighted by molar-refractivity contribution is -0.901. The number of quaternary nitrogens is 1. The third kappa shape index (κ3) is 23.8. The van der Waals surface area contributed by atoms with Crippen LogP contribution < -0.4 is 0 Å². The van der Waals surface area contributed by atoms with Crippen molar-refractivity contribution < 1.29 is 9.59 Å². The molecule has 0 saturated carbocycles. The zero-order valence-corrected chi connectivity index (χ0v) is 17.3. The second-order valence-corrected chi connectivity index (χ2v) is 5.73. The van der Waals surface area contributed by atoms with Crippen molar-refractivity contribution in [3.63, 3.8) is 0 Å². The summed E-state index contributed by atoms with van der Waals surface area (Å²) in [4.78, 5) is 0. The SMILES string of the molecule is C=CC.CCCCCO.CC[N+](C)(C)Cc1ccccc1.Cl.Cl. The van der Waals surface area contributed by atoms with Crippen LogP contribution in [0.15, 0.2) is 43.0 Å². The van der Waals surface area contributed by atoms with Gasteiger partial charge in [-0.05, 0) is 20.3 Å². The molecule has 0 amide bonds. The Morgan fingerprint density at radius 2 is 1.52 bits per heavy atom. The lowest BCUT2D eigenvalue weighted by atomic mass is 10.2. The Morgan fingerprint density at radius 3 is 1.83 bits per heavy atom. The standard InChI is InChI=1S/C11H18N.C5H12O.C3H6.2ClH/c1-4-12(2,3)10-11-8-6-5-7-9-11;1-2-3-4-5-6;1-3-2;;/h5-9H,4,10H2,1-3H3;6H,2-5H2,1H3;3H,1H2,2H3;2*1H/q+1;;;;. The van der Waals surface area contributed by atoms with Crippen LogP contribution in [0.3, 0.4) is 0 Å². The van der Waals surface area contributed by atoms with Gasteiger partial charge in [0.15, 0.2) is 0 Å². The van der Waals surface area contributed by atoms with E-state index in [0.29, 0.717) is 6.61 Å². The van der Waals surface area contributed by atoms with Gasteiger partial charge in [0.05, 0.1) is 20.6 Å². The summed E-state index contributed by atoms with van der Waals surface area (Å²) in [6.07, 6.45) is 5.08. The van der Waals surface area contributed by atoms with Crippen molar-refractivity contribution in [2.45, 2.75) is 46.6 Å². The predicted molar refractivity (Wildman–Crippen MR) is 110 cm³/mol. The van der Waals surface area contributed by atoms with Crippen molar-refractivity contribution >= 4 is 24.8 Å². The monoisotopic (exact) mass is 366 g/mol.